The minimum Gasteiger partial charge on any atom is -0.304 e. The quantitative estimate of drug-likeness (QED) is 0.767. The van der Waals surface area contributed by atoms with E-state index in [-0.39, 0.29) is 0 Å². The summed E-state index contributed by atoms with van der Waals surface area (Å²) in [4.78, 5) is 4.96. The molecule has 2 nitrogen and oxygen atoms in total. The lowest BCUT2D eigenvalue weighted by molar-refractivity contribution is 0.141. The summed E-state index contributed by atoms with van der Waals surface area (Å²) in [6.07, 6.45) is 8.93. The molecule has 2 heteroatoms. The van der Waals surface area contributed by atoms with Crippen molar-refractivity contribution < 1.29 is 0 Å². The number of hydrogen-bond donors (Lipinski definition) is 0. The van der Waals surface area contributed by atoms with Crippen molar-refractivity contribution in [1.29, 1.82) is 0 Å². The van der Waals surface area contributed by atoms with Gasteiger partial charge in [-0.15, -0.1) is 0 Å². The molecule has 2 rings (SSSR count). The molecule has 1 saturated carbocycles. The summed E-state index contributed by atoms with van der Waals surface area (Å²) in [5.41, 5.74) is 0. The van der Waals surface area contributed by atoms with Crippen LogP contribution in [0.3, 0.4) is 0 Å². The van der Waals surface area contributed by atoms with Crippen LogP contribution in [0.5, 0.6) is 0 Å². The molecule has 0 unspecified atom stereocenters. The van der Waals surface area contributed by atoms with Gasteiger partial charge in [0.05, 0.1) is 0 Å². The lowest BCUT2D eigenvalue weighted by Gasteiger charge is -2.33. The van der Waals surface area contributed by atoms with Crippen LogP contribution in [-0.4, -0.2) is 49.6 Å². The summed E-state index contributed by atoms with van der Waals surface area (Å²) in [6.45, 7) is 13.2. The van der Waals surface area contributed by atoms with Gasteiger partial charge in [0, 0.05) is 32.7 Å². The molecule has 1 aliphatic carbocycles. The van der Waals surface area contributed by atoms with E-state index in [9.17, 15) is 0 Å². The van der Waals surface area contributed by atoms with Crippen molar-refractivity contribution in [2.45, 2.75) is 59.3 Å². The first kappa shape index (κ1) is 17.0. The minimum atomic E-state index is 0.818. The molecule has 2 aliphatic rings. The molecule has 2 fully saturated rings. The maximum Gasteiger partial charge on any atom is 0.0110 e. The van der Waals surface area contributed by atoms with Gasteiger partial charge >= 0.3 is 0 Å². The first-order chi connectivity index (χ1) is 9.11. The summed E-state index contributed by atoms with van der Waals surface area (Å²) in [7, 11) is 2.20. The van der Waals surface area contributed by atoms with E-state index in [0.29, 0.717) is 0 Å². The third-order valence-electron chi connectivity index (χ3n) is 4.52. The predicted molar refractivity (Wildman–Crippen MR) is 85.6 cm³/mol. The van der Waals surface area contributed by atoms with Gasteiger partial charge in [0.15, 0.2) is 0 Å². The second kappa shape index (κ2) is 9.77. The average Bonchev–Trinajstić information content (AvgIpc) is 2.42. The van der Waals surface area contributed by atoms with Gasteiger partial charge in [0.1, 0.15) is 0 Å². The Balaban J connectivity index is 0.000000200. The summed E-state index contributed by atoms with van der Waals surface area (Å²) in [5.74, 6) is 1.90. The van der Waals surface area contributed by atoms with Crippen molar-refractivity contribution in [2.24, 2.45) is 11.8 Å². The Morgan fingerprint density at radius 3 is 1.95 bits per heavy atom. The molecule has 0 spiro atoms. The summed E-state index contributed by atoms with van der Waals surface area (Å²) in [5, 5.41) is 0. The summed E-state index contributed by atoms with van der Waals surface area (Å²) in [6, 6.07) is 0. The number of nitrogens with zero attached hydrogens (tertiary/aromatic N) is 2. The van der Waals surface area contributed by atoms with Crippen molar-refractivity contribution in [3.63, 3.8) is 0 Å². The second-order valence-corrected chi connectivity index (χ2v) is 6.91. The van der Waals surface area contributed by atoms with Gasteiger partial charge in [0.2, 0.25) is 0 Å². The SMILES string of the molecule is CC(C)CN1CCN(C)CC1.CCC1CCCCC1. The molecule has 0 aromatic heterocycles. The van der Waals surface area contributed by atoms with E-state index in [0.717, 1.165) is 11.8 Å². The van der Waals surface area contributed by atoms with Crippen LogP contribution >= 0.6 is 0 Å². The molecule has 0 aromatic rings. The van der Waals surface area contributed by atoms with Gasteiger partial charge < -0.3 is 9.80 Å². The fourth-order valence-corrected chi connectivity index (χ4v) is 3.14. The Labute approximate surface area is 121 Å². The summed E-state index contributed by atoms with van der Waals surface area (Å²) < 4.78 is 0. The predicted octanol–water partition coefficient (Wildman–Crippen LogP) is 3.87. The van der Waals surface area contributed by atoms with Gasteiger partial charge in [-0.05, 0) is 18.9 Å². The Morgan fingerprint density at radius 2 is 1.53 bits per heavy atom. The van der Waals surface area contributed by atoms with Gasteiger partial charge in [-0.3, -0.25) is 0 Å². The highest BCUT2D eigenvalue weighted by Crippen LogP contribution is 2.25. The third-order valence-corrected chi connectivity index (χ3v) is 4.52. The lowest BCUT2D eigenvalue weighted by Crippen LogP contribution is -2.45. The average molecular weight is 268 g/mol. The molecule has 1 saturated heterocycles. The zero-order valence-corrected chi connectivity index (χ0v) is 13.8. The second-order valence-electron chi connectivity index (χ2n) is 6.91. The minimum absolute atomic E-state index is 0.818. The zero-order chi connectivity index (χ0) is 14.1. The van der Waals surface area contributed by atoms with E-state index >= 15 is 0 Å². The van der Waals surface area contributed by atoms with Gasteiger partial charge in [-0.25, -0.2) is 0 Å². The van der Waals surface area contributed by atoms with Crippen molar-refractivity contribution >= 4 is 0 Å². The van der Waals surface area contributed by atoms with E-state index in [2.05, 4.69) is 37.6 Å². The Morgan fingerprint density at radius 1 is 0.947 bits per heavy atom. The highest BCUT2D eigenvalue weighted by molar-refractivity contribution is 4.69. The molecule has 19 heavy (non-hydrogen) atoms. The lowest BCUT2D eigenvalue weighted by atomic mass is 9.88. The van der Waals surface area contributed by atoms with Crippen LogP contribution in [0.4, 0.5) is 0 Å². The first-order valence-electron chi connectivity index (χ1n) is 8.52. The normalized spacial score (nSPS) is 23.2. The van der Waals surface area contributed by atoms with Crippen LogP contribution < -0.4 is 0 Å². The Kier molecular flexibility index (Phi) is 8.72. The highest BCUT2D eigenvalue weighted by Gasteiger charge is 2.13. The van der Waals surface area contributed by atoms with Crippen LogP contribution in [0.1, 0.15) is 59.3 Å². The van der Waals surface area contributed by atoms with Gasteiger partial charge in [-0.2, -0.15) is 0 Å². The van der Waals surface area contributed by atoms with Gasteiger partial charge in [-0.1, -0.05) is 59.3 Å². The monoisotopic (exact) mass is 268 g/mol. The maximum atomic E-state index is 2.56. The molecule has 1 aliphatic heterocycles. The van der Waals surface area contributed by atoms with Crippen LogP contribution in [-0.2, 0) is 0 Å². The Bertz CT molecular complexity index is 201. The third kappa shape index (κ3) is 7.94. The fraction of sp³-hybridized carbons (Fsp3) is 1.00. The zero-order valence-electron chi connectivity index (χ0n) is 13.8. The summed E-state index contributed by atoms with van der Waals surface area (Å²) >= 11 is 0. The van der Waals surface area contributed by atoms with E-state index < -0.39 is 0 Å². The van der Waals surface area contributed by atoms with Crippen LogP contribution in [0.15, 0.2) is 0 Å². The first-order valence-corrected chi connectivity index (χ1v) is 8.52. The smallest absolute Gasteiger partial charge is 0.0110 e. The number of rotatable bonds is 3. The number of hydrogen-bond acceptors (Lipinski definition) is 2. The molecule has 114 valence electrons. The number of likely N-dealkylation sites (N-methyl/N-ethyl adjacent to an activating group) is 1. The molecule has 1 heterocycles. The molecule has 0 N–H and O–H groups in total. The van der Waals surface area contributed by atoms with Crippen LogP contribution in [0.2, 0.25) is 0 Å². The van der Waals surface area contributed by atoms with E-state index in [1.54, 1.807) is 0 Å². The van der Waals surface area contributed by atoms with E-state index in [4.69, 9.17) is 0 Å². The largest absolute Gasteiger partial charge is 0.304 e. The van der Waals surface area contributed by atoms with Crippen molar-refractivity contribution in [1.82, 2.24) is 9.80 Å². The van der Waals surface area contributed by atoms with E-state index in [1.165, 1.54) is 71.2 Å². The van der Waals surface area contributed by atoms with E-state index in [1.807, 2.05) is 0 Å². The number of piperazine rings is 1. The molecule has 0 radical (unpaired) electrons. The highest BCUT2D eigenvalue weighted by atomic mass is 15.2. The maximum absolute atomic E-state index is 2.56. The van der Waals surface area contributed by atoms with Gasteiger partial charge in [0.25, 0.3) is 0 Å². The topological polar surface area (TPSA) is 6.48 Å². The van der Waals surface area contributed by atoms with Crippen molar-refractivity contribution in [3.8, 4) is 0 Å². The standard InChI is InChI=1S/C9H20N2.C8H16/c1-9(2)8-11-6-4-10(3)5-7-11;1-2-8-6-4-3-5-7-8/h9H,4-8H2,1-3H3;8H,2-7H2,1H3. The molecular formula is C17H36N2. The van der Waals surface area contributed by atoms with Crippen molar-refractivity contribution in [3.05, 3.63) is 0 Å². The van der Waals surface area contributed by atoms with Crippen LogP contribution in [0.25, 0.3) is 0 Å². The molecule has 0 aromatic carbocycles. The molecule has 0 atom stereocenters. The van der Waals surface area contributed by atoms with Crippen molar-refractivity contribution in [2.75, 3.05) is 39.8 Å². The Hall–Kier alpha value is -0.0800. The van der Waals surface area contributed by atoms with Crippen LogP contribution in [0, 0.1) is 11.8 Å². The molecule has 0 amide bonds. The fourth-order valence-electron chi connectivity index (χ4n) is 3.14. The molecular weight excluding hydrogens is 232 g/mol. The molecule has 0 bridgehead atoms.